The number of benzene rings is 1. The molecular weight excluding hydrogens is 320 g/mol. The van der Waals surface area contributed by atoms with Crippen molar-refractivity contribution in [1.82, 2.24) is 5.32 Å². The lowest BCUT2D eigenvalue weighted by Crippen LogP contribution is -2.76. The van der Waals surface area contributed by atoms with Crippen molar-refractivity contribution < 1.29 is 28.2 Å². The lowest BCUT2D eigenvalue weighted by Gasteiger charge is -2.58. The van der Waals surface area contributed by atoms with E-state index in [1.54, 1.807) is 20.8 Å². The van der Waals surface area contributed by atoms with Gasteiger partial charge < -0.3 is 15.2 Å². The minimum Gasteiger partial charge on any atom is -0.479 e. The van der Waals surface area contributed by atoms with Crippen molar-refractivity contribution in [2.24, 2.45) is 5.41 Å². The lowest BCUT2D eigenvalue weighted by atomic mass is 9.54. The second-order valence-electron chi connectivity index (χ2n) is 6.51. The van der Waals surface area contributed by atoms with Gasteiger partial charge >= 0.3 is 5.97 Å². The minimum absolute atomic E-state index is 0.106. The van der Waals surface area contributed by atoms with Gasteiger partial charge in [0.25, 0.3) is 0 Å². The molecule has 5 nitrogen and oxygen atoms in total. The van der Waals surface area contributed by atoms with Crippen LogP contribution in [0.2, 0.25) is 0 Å². The number of carbonyl (C=O) groups is 2. The number of aliphatic carboxylic acids is 1. The number of hydrogen-bond acceptors (Lipinski definition) is 3. The minimum atomic E-state index is -1.52. The summed E-state index contributed by atoms with van der Waals surface area (Å²) in [5.41, 5.74) is -2.75. The molecule has 1 aliphatic rings. The van der Waals surface area contributed by atoms with Gasteiger partial charge in [0.1, 0.15) is 17.2 Å². The standard InChI is InChI=1S/C17H21F2NO4/c1-4-24-13-9-17(15(22)23,16(13,2)3)20-14(21)8-10-11(18)6-5-7-12(10)19/h5-7,13H,4,8-9H2,1-3H3,(H,20,21)(H,22,23). The second-order valence-corrected chi connectivity index (χ2v) is 6.51. The lowest BCUT2D eigenvalue weighted by molar-refractivity contribution is -0.194. The van der Waals surface area contributed by atoms with E-state index in [4.69, 9.17) is 4.74 Å². The van der Waals surface area contributed by atoms with Crippen LogP contribution in [-0.4, -0.2) is 35.2 Å². The Labute approximate surface area is 139 Å². The van der Waals surface area contributed by atoms with E-state index in [1.165, 1.54) is 6.07 Å². The number of carbonyl (C=O) groups excluding carboxylic acids is 1. The van der Waals surface area contributed by atoms with Crippen LogP contribution in [0, 0.1) is 17.0 Å². The van der Waals surface area contributed by atoms with E-state index in [9.17, 15) is 23.5 Å². The highest BCUT2D eigenvalue weighted by Gasteiger charge is 2.66. The zero-order valence-electron chi connectivity index (χ0n) is 13.9. The molecule has 24 heavy (non-hydrogen) atoms. The number of ether oxygens (including phenoxy) is 1. The zero-order chi connectivity index (χ0) is 18.1. The summed E-state index contributed by atoms with van der Waals surface area (Å²) in [4.78, 5) is 24.0. The summed E-state index contributed by atoms with van der Waals surface area (Å²) in [6.07, 6.45) is -0.776. The van der Waals surface area contributed by atoms with E-state index in [-0.39, 0.29) is 18.1 Å². The first-order chi connectivity index (χ1) is 11.2. The van der Waals surface area contributed by atoms with Crippen LogP contribution in [0.4, 0.5) is 8.78 Å². The Morgan fingerprint density at radius 3 is 2.38 bits per heavy atom. The van der Waals surface area contributed by atoms with E-state index in [0.29, 0.717) is 6.61 Å². The normalized spacial score (nSPS) is 25.0. The van der Waals surface area contributed by atoms with Crippen molar-refractivity contribution in [3.05, 3.63) is 35.4 Å². The fourth-order valence-corrected chi connectivity index (χ4v) is 3.18. The first-order valence-corrected chi connectivity index (χ1v) is 7.74. The van der Waals surface area contributed by atoms with Gasteiger partial charge in [0.05, 0.1) is 12.5 Å². The van der Waals surface area contributed by atoms with E-state index in [2.05, 4.69) is 5.32 Å². The molecule has 1 aromatic rings. The molecule has 7 heteroatoms. The van der Waals surface area contributed by atoms with Gasteiger partial charge in [-0.3, -0.25) is 4.79 Å². The van der Waals surface area contributed by atoms with E-state index < -0.39 is 40.9 Å². The molecule has 132 valence electrons. The molecule has 2 rings (SSSR count). The fourth-order valence-electron chi connectivity index (χ4n) is 3.18. The maximum atomic E-state index is 13.7. The Morgan fingerprint density at radius 1 is 1.33 bits per heavy atom. The quantitative estimate of drug-likeness (QED) is 0.832. The van der Waals surface area contributed by atoms with Gasteiger partial charge in [-0.1, -0.05) is 19.9 Å². The van der Waals surface area contributed by atoms with Gasteiger partial charge in [0.2, 0.25) is 5.91 Å². The van der Waals surface area contributed by atoms with Crippen LogP contribution < -0.4 is 5.32 Å². The third-order valence-corrected chi connectivity index (χ3v) is 4.88. The Kier molecular flexibility index (Phi) is 4.94. The van der Waals surface area contributed by atoms with E-state index >= 15 is 0 Å². The second kappa shape index (κ2) is 6.47. The number of amides is 1. The van der Waals surface area contributed by atoms with Crippen molar-refractivity contribution in [3.8, 4) is 0 Å². The molecule has 2 unspecified atom stereocenters. The maximum absolute atomic E-state index is 13.7. The average molecular weight is 341 g/mol. The zero-order valence-corrected chi connectivity index (χ0v) is 13.9. The van der Waals surface area contributed by atoms with Crippen LogP contribution in [0.5, 0.6) is 0 Å². The number of rotatable bonds is 6. The van der Waals surface area contributed by atoms with Gasteiger partial charge in [-0.2, -0.15) is 0 Å². The third kappa shape index (κ3) is 2.88. The first kappa shape index (κ1) is 18.3. The van der Waals surface area contributed by atoms with Gasteiger partial charge in [-0.15, -0.1) is 0 Å². The van der Waals surface area contributed by atoms with Gasteiger partial charge in [0, 0.05) is 24.0 Å². The molecule has 1 aromatic carbocycles. The van der Waals surface area contributed by atoms with Crippen molar-refractivity contribution >= 4 is 11.9 Å². The molecule has 1 amide bonds. The number of hydrogen-bond donors (Lipinski definition) is 2. The van der Waals surface area contributed by atoms with Gasteiger partial charge in [0.15, 0.2) is 0 Å². The third-order valence-electron chi connectivity index (χ3n) is 4.88. The molecular formula is C17H21F2NO4. The summed E-state index contributed by atoms with van der Waals surface area (Å²) in [6, 6.07) is 3.31. The van der Waals surface area contributed by atoms with Crippen LogP contribution in [0.3, 0.4) is 0 Å². The van der Waals surface area contributed by atoms with Crippen LogP contribution in [-0.2, 0) is 20.7 Å². The summed E-state index contributed by atoms with van der Waals surface area (Å²) >= 11 is 0. The van der Waals surface area contributed by atoms with Gasteiger partial charge in [-0.25, -0.2) is 13.6 Å². The molecule has 0 radical (unpaired) electrons. The number of nitrogens with one attached hydrogen (secondary N) is 1. The van der Waals surface area contributed by atoms with Crippen LogP contribution >= 0.6 is 0 Å². The smallest absolute Gasteiger partial charge is 0.330 e. The largest absolute Gasteiger partial charge is 0.479 e. The summed E-state index contributed by atoms with van der Waals surface area (Å²) in [7, 11) is 0. The molecule has 0 saturated heterocycles. The number of halogens is 2. The van der Waals surface area contributed by atoms with E-state index in [1.807, 2.05) is 0 Å². The van der Waals surface area contributed by atoms with Crippen molar-refractivity contribution in [2.75, 3.05) is 6.61 Å². The van der Waals surface area contributed by atoms with Crippen molar-refractivity contribution in [1.29, 1.82) is 0 Å². The SMILES string of the molecule is CCOC1CC(NC(=O)Cc2c(F)cccc2F)(C(=O)O)C1(C)C. The van der Waals surface area contributed by atoms with Crippen molar-refractivity contribution in [2.45, 2.75) is 45.3 Å². The Bertz CT molecular complexity index is 642. The Hall–Kier alpha value is -2.02. The van der Waals surface area contributed by atoms with E-state index in [0.717, 1.165) is 12.1 Å². The fraction of sp³-hybridized carbons (Fsp3) is 0.529. The molecule has 0 aromatic heterocycles. The summed E-state index contributed by atoms with van der Waals surface area (Å²) < 4.78 is 32.8. The molecule has 2 atom stereocenters. The molecule has 1 fully saturated rings. The highest BCUT2D eigenvalue weighted by molar-refractivity contribution is 5.90. The predicted octanol–water partition coefficient (Wildman–Crippen LogP) is 2.28. The van der Waals surface area contributed by atoms with Gasteiger partial charge in [-0.05, 0) is 19.1 Å². The summed E-state index contributed by atoms with van der Waals surface area (Å²) in [6.45, 7) is 5.61. The number of carboxylic acid groups (broad SMARTS) is 1. The molecule has 0 spiro atoms. The summed E-state index contributed by atoms with van der Waals surface area (Å²) in [5, 5.41) is 12.1. The van der Waals surface area contributed by atoms with Crippen LogP contribution in [0.1, 0.15) is 32.8 Å². The molecule has 0 heterocycles. The topological polar surface area (TPSA) is 75.6 Å². The molecule has 1 aliphatic carbocycles. The maximum Gasteiger partial charge on any atom is 0.330 e. The Balaban J connectivity index is 2.18. The number of carboxylic acids is 1. The van der Waals surface area contributed by atoms with Crippen molar-refractivity contribution in [3.63, 3.8) is 0 Å². The monoisotopic (exact) mass is 341 g/mol. The molecule has 2 N–H and O–H groups in total. The summed E-state index contributed by atoms with van der Waals surface area (Å²) in [5.74, 6) is -3.61. The average Bonchev–Trinajstić information content (AvgIpc) is 2.49. The Morgan fingerprint density at radius 2 is 1.92 bits per heavy atom. The molecule has 0 aliphatic heterocycles. The molecule has 0 bridgehead atoms. The first-order valence-electron chi connectivity index (χ1n) is 7.74. The highest BCUT2D eigenvalue weighted by atomic mass is 19.1. The van der Waals surface area contributed by atoms with Crippen LogP contribution in [0.25, 0.3) is 0 Å². The van der Waals surface area contributed by atoms with Crippen LogP contribution in [0.15, 0.2) is 18.2 Å². The predicted molar refractivity (Wildman–Crippen MR) is 82.4 cm³/mol. The molecule has 1 saturated carbocycles. The highest BCUT2D eigenvalue weighted by Crippen LogP contribution is 2.51.